The molecule has 0 aromatic heterocycles. The zero-order chi connectivity index (χ0) is 12.3. The molecule has 0 fully saturated rings. The predicted molar refractivity (Wildman–Crippen MR) is 58.0 cm³/mol. The second kappa shape index (κ2) is 3.25. The minimum absolute atomic E-state index is 0.0991. The first-order valence-corrected chi connectivity index (χ1v) is 5.57. The van der Waals surface area contributed by atoms with Gasteiger partial charge in [0.25, 0.3) is 0 Å². The summed E-state index contributed by atoms with van der Waals surface area (Å²) in [6.45, 7) is -0.0991. The molecule has 0 atom stereocenters. The Labute approximate surface area is 107 Å². The first kappa shape index (κ1) is 10.6. The molecule has 1 aromatic carbocycles. The summed E-state index contributed by atoms with van der Waals surface area (Å²) < 4.78 is 23.3. The van der Waals surface area contributed by atoms with Crippen LogP contribution >= 0.6 is 22.6 Å². The van der Waals surface area contributed by atoms with E-state index >= 15 is 0 Å². The summed E-state index contributed by atoms with van der Waals surface area (Å²) in [4.78, 5) is 34.0. The smallest absolute Gasteiger partial charge is 0.349 e. The number of fused-ring (bicyclic) bond motifs is 2. The zero-order valence-corrected chi connectivity index (χ0v) is 10.2. The molecule has 0 saturated heterocycles. The van der Waals surface area contributed by atoms with Gasteiger partial charge in [0.15, 0.2) is 5.82 Å². The van der Waals surface area contributed by atoms with Gasteiger partial charge >= 0.3 is 17.9 Å². The molecule has 0 aliphatic carbocycles. The van der Waals surface area contributed by atoms with Gasteiger partial charge in [-0.3, -0.25) is 0 Å². The highest BCUT2D eigenvalue weighted by atomic mass is 127. The van der Waals surface area contributed by atoms with Crippen LogP contribution in [-0.2, 0) is 16.1 Å². The molecule has 0 saturated carbocycles. The van der Waals surface area contributed by atoms with Crippen LogP contribution in [0.2, 0.25) is 0 Å². The second-order valence-electron chi connectivity index (χ2n) is 3.48. The van der Waals surface area contributed by atoms with Crippen molar-refractivity contribution in [2.45, 2.75) is 6.61 Å². The van der Waals surface area contributed by atoms with Gasteiger partial charge in [-0.05, 0) is 22.6 Å². The molecular weight excluding hydrogens is 346 g/mol. The van der Waals surface area contributed by atoms with Crippen molar-refractivity contribution in [1.82, 2.24) is 0 Å². The number of carbonyl (C=O) groups excluding carboxylic acids is 3. The summed E-state index contributed by atoms with van der Waals surface area (Å²) >= 11 is 1.77. The van der Waals surface area contributed by atoms with E-state index in [1.165, 1.54) is 0 Å². The number of hydrogen-bond acceptors (Lipinski definition) is 5. The monoisotopic (exact) mass is 348 g/mol. The predicted octanol–water partition coefficient (Wildman–Crippen LogP) is 1.41. The molecule has 7 heteroatoms. The molecule has 2 heterocycles. The van der Waals surface area contributed by atoms with Crippen LogP contribution in [0.25, 0.3) is 0 Å². The number of halogens is 2. The fraction of sp³-hybridized carbons (Fsp3) is 0.100. The van der Waals surface area contributed by atoms with Crippen LogP contribution in [0, 0.1) is 9.39 Å². The average Bonchev–Trinajstić information content (AvgIpc) is 2.77. The highest BCUT2D eigenvalue weighted by Crippen LogP contribution is 2.36. The molecule has 0 amide bonds. The first-order valence-electron chi connectivity index (χ1n) is 4.49. The second-order valence-corrected chi connectivity index (χ2v) is 4.56. The Morgan fingerprint density at radius 1 is 1.00 bits per heavy atom. The standard InChI is InChI=1S/C10H2FIO5/c11-6-3-2(1-16-8(3)13)7(12)5-4(6)9(14)17-10(5)15/h1H2. The summed E-state index contributed by atoms with van der Waals surface area (Å²) in [7, 11) is 0. The summed E-state index contributed by atoms with van der Waals surface area (Å²) in [5.74, 6) is -3.82. The molecule has 3 rings (SSSR count). The largest absolute Gasteiger partial charge is 0.457 e. The average molecular weight is 348 g/mol. The molecule has 86 valence electrons. The molecular formula is C10H2FIO5. The number of benzene rings is 1. The van der Waals surface area contributed by atoms with Gasteiger partial charge in [-0.2, -0.15) is 0 Å². The van der Waals surface area contributed by atoms with Crippen LogP contribution in [0.4, 0.5) is 4.39 Å². The van der Waals surface area contributed by atoms with Crippen molar-refractivity contribution in [3.8, 4) is 0 Å². The van der Waals surface area contributed by atoms with E-state index in [0.717, 1.165) is 0 Å². The maximum Gasteiger partial charge on any atom is 0.349 e. The Bertz CT molecular complexity index is 622. The van der Waals surface area contributed by atoms with Gasteiger partial charge < -0.3 is 9.47 Å². The van der Waals surface area contributed by atoms with Crippen molar-refractivity contribution in [3.05, 3.63) is 31.6 Å². The van der Waals surface area contributed by atoms with Crippen LogP contribution in [0.15, 0.2) is 0 Å². The van der Waals surface area contributed by atoms with Gasteiger partial charge in [0.1, 0.15) is 17.7 Å². The van der Waals surface area contributed by atoms with Gasteiger partial charge in [0.2, 0.25) is 0 Å². The quantitative estimate of drug-likeness (QED) is 0.403. The molecule has 0 unspecified atom stereocenters. The lowest BCUT2D eigenvalue weighted by atomic mass is 10.00. The van der Waals surface area contributed by atoms with Gasteiger partial charge in [0.05, 0.1) is 5.56 Å². The molecule has 0 bridgehead atoms. The number of cyclic esters (lactones) is 3. The minimum Gasteiger partial charge on any atom is -0.457 e. The third kappa shape index (κ3) is 1.20. The van der Waals surface area contributed by atoms with Crippen molar-refractivity contribution >= 4 is 40.5 Å². The number of carbonyl (C=O) groups is 3. The Balaban J connectivity index is 2.46. The van der Waals surface area contributed by atoms with E-state index in [9.17, 15) is 18.8 Å². The van der Waals surface area contributed by atoms with Gasteiger partial charge in [-0.25, -0.2) is 18.8 Å². The lowest BCUT2D eigenvalue weighted by Gasteiger charge is -2.04. The van der Waals surface area contributed by atoms with Crippen molar-refractivity contribution in [3.63, 3.8) is 0 Å². The molecule has 1 aromatic rings. The molecule has 0 radical (unpaired) electrons. The Hall–Kier alpha value is -1.51. The maximum absolute atomic E-state index is 14.0. The van der Waals surface area contributed by atoms with Gasteiger partial charge in [-0.1, -0.05) is 0 Å². The van der Waals surface area contributed by atoms with E-state index in [-0.39, 0.29) is 17.7 Å². The summed E-state index contributed by atoms with van der Waals surface area (Å²) in [6.07, 6.45) is 0. The van der Waals surface area contributed by atoms with Crippen LogP contribution in [0.5, 0.6) is 0 Å². The van der Waals surface area contributed by atoms with Crippen molar-refractivity contribution in [1.29, 1.82) is 0 Å². The highest BCUT2D eigenvalue weighted by Gasteiger charge is 2.42. The fourth-order valence-electron chi connectivity index (χ4n) is 1.87. The first-order chi connectivity index (χ1) is 8.02. The Morgan fingerprint density at radius 2 is 1.65 bits per heavy atom. The SMILES string of the molecule is O=C1OCc2c(I)c3c(c(F)c21)C(=O)OC3=O. The lowest BCUT2D eigenvalue weighted by molar-refractivity contribution is 0.0442. The minimum atomic E-state index is -1.07. The molecule has 0 N–H and O–H groups in total. The third-order valence-electron chi connectivity index (χ3n) is 2.62. The van der Waals surface area contributed by atoms with E-state index in [1.54, 1.807) is 22.6 Å². The van der Waals surface area contributed by atoms with Gasteiger partial charge in [0, 0.05) is 9.13 Å². The molecule has 2 aliphatic heterocycles. The van der Waals surface area contributed by atoms with E-state index in [2.05, 4.69) is 9.47 Å². The van der Waals surface area contributed by atoms with Crippen LogP contribution in [-0.4, -0.2) is 17.9 Å². The van der Waals surface area contributed by atoms with E-state index in [0.29, 0.717) is 9.13 Å². The zero-order valence-electron chi connectivity index (χ0n) is 8.00. The normalized spacial score (nSPS) is 16.7. The Kier molecular flexibility index (Phi) is 2.03. The fourth-order valence-corrected chi connectivity index (χ4v) is 2.78. The molecule has 2 aliphatic rings. The maximum atomic E-state index is 14.0. The number of hydrogen-bond donors (Lipinski definition) is 0. The number of rotatable bonds is 0. The van der Waals surface area contributed by atoms with E-state index in [4.69, 9.17) is 0 Å². The highest BCUT2D eigenvalue weighted by molar-refractivity contribution is 14.1. The summed E-state index contributed by atoms with van der Waals surface area (Å²) in [5, 5.41) is 0. The van der Waals surface area contributed by atoms with Crippen LogP contribution in [0.1, 0.15) is 36.6 Å². The van der Waals surface area contributed by atoms with E-state index in [1.807, 2.05) is 0 Å². The van der Waals surface area contributed by atoms with E-state index < -0.39 is 29.3 Å². The number of esters is 3. The molecule has 17 heavy (non-hydrogen) atoms. The third-order valence-corrected chi connectivity index (χ3v) is 3.81. The lowest BCUT2D eigenvalue weighted by Crippen LogP contribution is -2.08. The van der Waals surface area contributed by atoms with Gasteiger partial charge in [-0.15, -0.1) is 0 Å². The topological polar surface area (TPSA) is 69.7 Å². The van der Waals surface area contributed by atoms with Crippen molar-refractivity contribution in [2.24, 2.45) is 0 Å². The summed E-state index contributed by atoms with van der Waals surface area (Å²) in [5.41, 5.74) is -0.583. The summed E-state index contributed by atoms with van der Waals surface area (Å²) in [6, 6.07) is 0. The van der Waals surface area contributed by atoms with Crippen LogP contribution < -0.4 is 0 Å². The van der Waals surface area contributed by atoms with Crippen molar-refractivity contribution in [2.75, 3.05) is 0 Å². The molecule has 5 nitrogen and oxygen atoms in total. The molecule has 0 spiro atoms. The van der Waals surface area contributed by atoms with Crippen LogP contribution in [0.3, 0.4) is 0 Å². The Morgan fingerprint density at radius 3 is 2.35 bits per heavy atom. The van der Waals surface area contributed by atoms with Crippen molar-refractivity contribution < 1.29 is 28.2 Å². The number of ether oxygens (including phenoxy) is 2.